The first-order chi connectivity index (χ1) is 12.0. The minimum Gasteiger partial charge on any atom is -0.506 e. The normalized spacial score (nSPS) is 14.0. The SMILES string of the molecule is O=C1C=C(Nc2ccc(O)c(Cl)c2F)C(=O)N1CCc1ccccc1. The van der Waals surface area contributed by atoms with Gasteiger partial charge in [-0.05, 0) is 24.1 Å². The van der Waals surface area contributed by atoms with Crippen LogP contribution in [0.3, 0.4) is 0 Å². The molecule has 5 nitrogen and oxygen atoms in total. The molecule has 0 aromatic heterocycles. The van der Waals surface area contributed by atoms with Crippen molar-refractivity contribution in [3.05, 3.63) is 70.6 Å². The Morgan fingerprint density at radius 2 is 1.84 bits per heavy atom. The summed E-state index contributed by atoms with van der Waals surface area (Å²) in [4.78, 5) is 25.5. The third-order valence-electron chi connectivity index (χ3n) is 3.81. The zero-order valence-electron chi connectivity index (χ0n) is 13.0. The van der Waals surface area contributed by atoms with Crippen LogP contribution in [0.4, 0.5) is 10.1 Å². The summed E-state index contributed by atoms with van der Waals surface area (Å²) in [5.74, 6) is -2.30. The fourth-order valence-corrected chi connectivity index (χ4v) is 2.64. The molecule has 0 unspecified atom stereocenters. The van der Waals surface area contributed by atoms with Crippen LogP contribution in [-0.2, 0) is 16.0 Å². The van der Waals surface area contributed by atoms with Gasteiger partial charge < -0.3 is 10.4 Å². The first kappa shape index (κ1) is 17.0. The molecule has 2 aromatic rings. The van der Waals surface area contributed by atoms with Crippen molar-refractivity contribution in [2.24, 2.45) is 0 Å². The Morgan fingerprint density at radius 3 is 2.56 bits per heavy atom. The van der Waals surface area contributed by atoms with E-state index in [4.69, 9.17) is 11.6 Å². The van der Waals surface area contributed by atoms with Gasteiger partial charge in [0.05, 0.1) is 5.69 Å². The Balaban J connectivity index is 1.70. The molecule has 0 saturated heterocycles. The zero-order valence-corrected chi connectivity index (χ0v) is 13.8. The topological polar surface area (TPSA) is 69.6 Å². The molecule has 0 bridgehead atoms. The first-order valence-electron chi connectivity index (χ1n) is 7.53. The monoisotopic (exact) mass is 360 g/mol. The number of anilines is 1. The summed E-state index contributed by atoms with van der Waals surface area (Å²) in [6.07, 6.45) is 1.65. The molecule has 2 aromatic carbocycles. The van der Waals surface area contributed by atoms with Crippen LogP contribution < -0.4 is 5.32 Å². The number of amides is 2. The van der Waals surface area contributed by atoms with Crippen LogP contribution in [0.1, 0.15) is 5.56 Å². The van der Waals surface area contributed by atoms with E-state index in [0.29, 0.717) is 6.42 Å². The van der Waals surface area contributed by atoms with E-state index in [2.05, 4.69) is 5.32 Å². The minimum atomic E-state index is -0.898. The van der Waals surface area contributed by atoms with Crippen molar-refractivity contribution >= 4 is 29.1 Å². The number of carbonyl (C=O) groups is 2. The molecule has 128 valence electrons. The summed E-state index contributed by atoms with van der Waals surface area (Å²) in [5.41, 5.74) is 0.861. The van der Waals surface area contributed by atoms with Gasteiger partial charge in [0, 0.05) is 12.6 Å². The average Bonchev–Trinajstić information content (AvgIpc) is 2.88. The number of nitrogens with zero attached hydrogens (tertiary/aromatic N) is 1. The number of imide groups is 1. The number of phenolic OH excluding ortho intramolecular Hbond substituents is 1. The number of aromatic hydroxyl groups is 1. The zero-order chi connectivity index (χ0) is 18.0. The summed E-state index contributed by atoms with van der Waals surface area (Å²) < 4.78 is 14.0. The molecule has 25 heavy (non-hydrogen) atoms. The Morgan fingerprint density at radius 1 is 1.12 bits per heavy atom. The molecule has 0 saturated carbocycles. The van der Waals surface area contributed by atoms with E-state index in [9.17, 15) is 19.1 Å². The maximum Gasteiger partial charge on any atom is 0.277 e. The maximum atomic E-state index is 14.0. The van der Waals surface area contributed by atoms with Crippen molar-refractivity contribution in [2.75, 3.05) is 11.9 Å². The van der Waals surface area contributed by atoms with Gasteiger partial charge in [-0.15, -0.1) is 0 Å². The van der Waals surface area contributed by atoms with Gasteiger partial charge in [-0.25, -0.2) is 4.39 Å². The molecule has 0 spiro atoms. The van der Waals surface area contributed by atoms with Gasteiger partial charge >= 0.3 is 0 Å². The van der Waals surface area contributed by atoms with Crippen LogP contribution in [0.5, 0.6) is 5.75 Å². The second-order valence-electron chi connectivity index (χ2n) is 5.47. The van der Waals surface area contributed by atoms with E-state index >= 15 is 0 Å². The van der Waals surface area contributed by atoms with Gasteiger partial charge in [0.2, 0.25) is 0 Å². The highest BCUT2D eigenvalue weighted by Crippen LogP contribution is 2.32. The number of nitrogens with one attached hydrogen (secondary N) is 1. The molecule has 1 aliphatic rings. The minimum absolute atomic E-state index is 0.0429. The highest BCUT2D eigenvalue weighted by molar-refractivity contribution is 6.32. The molecule has 2 amide bonds. The van der Waals surface area contributed by atoms with Gasteiger partial charge in [0.15, 0.2) is 5.82 Å². The molecule has 7 heteroatoms. The van der Waals surface area contributed by atoms with E-state index in [1.54, 1.807) is 0 Å². The molecule has 2 N–H and O–H groups in total. The summed E-state index contributed by atoms with van der Waals surface area (Å²) in [7, 11) is 0. The van der Waals surface area contributed by atoms with Crippen LogP contribution in [-0.4, -0.2) is 28.4 Å². The van der Waals surface area contributed by atoms with Gasteiger partial charge in [-0.1, -0.05) is 41.9 Å². The lowest BCUT2D eigenvalue weighted by molar-refractivity contribution is -0.137. The maximum absolute atomic E-state index is 14.0. The number of hydrogen-bond donors (Lipinski definition) is 2. The molecule has 0 aliphatic carbocycles. The number of hydrogen-bond acceptors (Lipinski definition) is 4. The molecule has 0 radical (unpaired) electrons. The van der Waals surface area contributed by atoms with Crippen LogP contribution in [0.2, 0.25) is 5.02 Å². The van der Waals surface area contributed by atoms with Crippen molar-refractivity contribution in [2.45, 2.75) is 6.42 Å². The van der Waals surface area contributed by atoms with Crippen LogP contribution >= 0.6 is 11.6 Å². The van der Waals surface area contributed by atoms with E-state index in [0.717, 1.165) is 16.5 Å². The quantitative estimate of drug-likeness (QED) is 0.635. The molecule has 3 rings (SSSR count). The van der Waals surface area contributed by atoms with Gasteiger partial charge in [-0.2, -0.15) is 0 Å². The Hall–Kier alpha value is -2.86. The predicted octanol–water partition coefficient (Wildman–Crippen LogP) is 3.09. The van der Waals surface area contributed by atoms with Gasteiger partial charge in [0.1, 0.15) is 16.5 Å². The molecular formula is C18H14ClFN2O3. The second-order valence-corrected chi connectivity index (χ2v) is 5.85. The van der Waals surface area contributed by atoms with E-state index in [1.807, 2.05) is 30.3 Å². The first-order valence-corrected chi connectivity index (χ1v) is 7.90. The van der Waals surface area contributed by atoms with E-state index < -0.39 is 28.4 Å². The van der Waals surface area contributed by atoms with Crippen LogP contribution in [0, 0.1) is 5.82 Å². The van der Waals surface area contributed by atoms with Crippen LogP contribution in [0.25, 0.3) is 0 Å². The summed E-state index contributed by atoms with van der Waals surface area (Å²) >= 11 is 5.63. The third kappa shape index (κ3) is 3.49. The highest BCUT2D eigenvalue weighted by Gasteiger charge is 2.31. The number of rotatable bonds is 5. The Bertz CT molecular complexity index is 868. The van der Waals surface area contributed by atoms with Gasteiger partial charge in [0.25, 0.3) is 11.8 Å². The number of phenols is 1. The van der Waals surface area contributed by atoms with Gasteiger partial charge in [-0.3, -0.25) is 14.5 Å². The van der Waals surface area contributed by atoms with Crippen molar-refractivity contribution < 1.29 is 19.1 Å². The summed E-state index contributed by atoms with van der Waals surface area (Å²) in [5, 5.41) is 11.5. The fourth-order valence-electron chi connectivity index (χ4n) is 2.48. The Labute approximate surface area is 148 Å². The lowest BCUT2D eigenvalue weighted by Crippen LogP contribution is -2.34. The molecular weight excluding hydrogens is 347 g/mol. The average molecular weight is 361 g/mol. The standard InChI is InChI=1S/C18H14ClFN2O3/c19-16-14(23)7-6-12(17(16)20)21-13-10-15(24)22(18(13)25)9-8-11-4-2-1-3-5-11/h1-7,10,21,23H,8-9H2. The molecule has 0 fully saturated rings. The lowest BCUT2D eigenvalue weighted by atomic mass is 10.1. The highest BCUT2D eigenvalue weighted by atomic mass is 35.5. The lowest BCUT2D eigenvalue weighted by Gasteiger charge is -2.15. The predicted molar refractivity (Wildman–Crippen MR) is 91.6 cm³/mol. The summed E-state index contributed by atoms with van der Waals surface area (Å²) in [6.45, 7) is 0.224. The number of halogens is 2. The van der Waals surface area contributed by atoms with Crippen molar-refractivity contribution in [3.8, 4) is 5.75 Å². The van der Waals surface area contributed by atoms with E-state index in [-0.39, 0.29) is 17.9 Å². The second kappa shape index (κ2) is 6.94. The number of carbonyl (C=O) groups excluding carboxylic acids is 2. The smallest absolute Gasteiger partial charge is 0.277 e. The fraction of sp³-hybridized carbons (Fsp3) is 0.111. The van der Waals surface area contributed by atoms with E-state index in [1.165, 1.54) is 12.1 Å². The molecule has 1 heterocycles. The number of benzene rings is 2. The largest absolute Gasteiger partial charge is 0.506 e. The summed E-state index contributed by atoms with van der Waals surface area (Å²) in [6, 6.07) is 11.9. The molecule has 1 aliphatic heterocycles. The van der Waals surface area contributed by atoms with Crippen molar-refractivity contribution in [1.82, 2.24) is 4.90 Å². The third-order valence-corrected chi connectivity index (χ3v) is 4.17. The van der Waals surface area contributed by atoms with Crippen molar-refractivity contribution in [3.63, 3.8) is 0 Å². The molecule has 0 atom stereocenters. The van der Waals surface area contributed by atoms with Crippen LogP contribution in [0.15, 0.2) is 54.2 Å². The van der Waals surface area contributed by atoms with Crippen molar-refractivity contribution in [1.29, 1.82) is 0 Å². The Kier molecular flexibility index (Phi) is 4.72.